The molecule has 0 bridgehead atoms. The predicted octanol–water partition coefficient (Wildman–Crippen LogP) is 1.52. The molecule has 1 aliphatic rings. The van der Waals surface area contributed by atoms with Gasteiger partial charge in [-0.05, 0) is 12.0 Å². The Morgan fingerprint density at radius 1 is 1.41 bits per heavy atom. The lowest BCUT2D eigenvalue weighted by molar-refractivity contribution is -0.135. The van der Waals surface area contributed by atoms with Crippen molar-refractivity contribution in [1.29, 1.82) is 0 Å². The summed E-state index contributed by atoms with van der Waals surface area (Å²) in [7, 11) is 0. The van der Waals surface area contributed by atoms with Gasteiger partial charge in [-0.2, -0.15) is 5.10 Å². The van der Waals surface area contributed by atoms with Gasteiger partial charge in [0.15, 0.2) is 0 Å². The summed E-state index contributed by atoms with van der Waals surface area (Å²) in [6.45, 7) is 1.97. The van der Waals surface area contributed by atoms with E-state index in [-0.39, 0.29) is 18.4 Å². The predicted molar refractivity (Wildman–Crippen MR) is 83.0 cm³/mol. The van der Waals surface area contributed by atoms with Gasteiger partial charge in [0.2, 0.25) is 5.91 Å². The van der Waals surface area contributed by atoms with Crippen molar-refractivity contribution in [1.82, 2.24) is 15.1 Å². The maximum Gasteiger partial charge on any atom is 0.248 e. The molecule has 22 heavy (non-hydrogen) atoms. The van der Waals surface area contributed by atoms with Gasteiger partial charge in [-0.25, -0.2) is 0 Å². The van der Waals surface area contributed by atoms with Gasteiger partial charge >= 0.3 is 0 Å². The second-order valence-electron chi connectivity index (χ2n) is 5.54. The largest absolute Gasteiger partial charge is 0.396 e. The number of anilines is 1. The minimum Gasteiger partial charge on any atom is -0.396 e. The number of H-pyrrole nitrogens is 1. The fraction of sp³-hybridized carbons (Fsp3) is 0.375. The molecule has 1 saturated heterocycles. The number of nitrogens with one attached hydrogen (secondary N) is 1. The van der Waals surface area contributed by atoms with Crippen LogP contribution in [0.3, 0.4) is 0 Å². The number of benzene rings is 1. The molecule has 6 nitrogen and oxygen atoms in total. The van der Waals surface area contributed by atoms with Crippen LogP contribution < -0.4 is 5.73 Å². The van der Waals surface area contributed by atoms with Crippen LogP contribution in [0.4, 0.5) is 5.69 Å². The fourth-order valence-electron chi connectivity index (χ4n) is 2.78. The molecule has 6 heteroatoms. The van der Waals surface area contributed by atoms with Gasteiger partial charge in [0.1, 0.15) is 6.61 Å². The van der Waals surface area contributed by atoms with Crippen molar-refractivity contribution >= 4 is 11.6 Å². The Morgan fingerprint density at radius 3 is 2.95 bits per heavy atom. The molecule has 1 fully saturated rings. The van der Waals surface area contributed by atoms with Crippen molar-refractivity contribution in [3.8, 4) is 0 Å². The molecule has 1 atom stereocenters. The molecule has 3 N–H and O–H groups in total. The third-order valence-corrected chi connectivity index (χ3v) is 3.99. The molecule has 0 saturated carbocycles. The standard InChI is InChI=1S/C16H20N4O2/c17-14-8-18-19-16(14)13-6-7-20(9-13)15(21)11-22-10-12-4-2-1-3-5-12/h1-5,8,13H,6-7,9-11,17H2,(H,18,19). The van der Waals surface area contributed by atoms with Crippen molar-refractivity contribution < 1.29 is 9.53 Å². The summed E-state index contributed by atoms with van der Waals surface area (Å²) in [6, 6.07) is 9.84. The smallest absolute Gasteiger partial charge is 0.248 e. The maximum atomic E-state index is 12.2. The number of nitrogen functional groups attached to an aromatic ring is 1. The highest BCUT2D eigenvalue weighted by atomic mass is 16.5. The number of carbonyl (C=O) groups is 1. The average molecular weight is 300 g/mol. The van der Waals surface area contributed by atoms with Crippen LogP contribution in [0.25, 0.3) is 0 Å². The number of aromatic nitrogens is 2. The van der Waals surface area contributed by atoms with Crippen LogP contribution in [-0.4, -0.2) is 40.7 Å². The molecular formula is C16H20N4O2. The average Bonchev–Trinajstić information content (AvgIpc) is 3.17. The van der Waals surface area contributed by atoms with E-state index in [1.807, 2.05) is 35.2 Å². The summed E-state index contributed by atoms with van der Waals surface area (Å²) in [5, 5.41) is 6.87. The molecule has 1 amide bonds. The quantitative estimate of drug-likeness (QED) is 0.877. The molecule has 0 aliphatic carbocycles. The first-order valence-electron chi connectivity index (χ1n) is 7.42. The number of nitrogens with two attached hydrogens (primary N) is 1. The zero-order valence-corrected chi connectivity index (χ0v) is 12.4. The Hall–Kier alpha value is -2.34. The normalized spacial score (nSPS) is 17.8. The first-order valence-corrected chi connectivity index (χ1v) is 7.42. The Kier molecular flexibility index (Phi) is 4.39. The number of rotatable bonds is 5. The van der Waals surface area contributed by atoms with E-state index in [9.17, 15) is 4.79 Å². The Balaban J connectivity index is 1.46. The number of hydrogen-bond donors (Lipinski definition) is 2. The summed E-state index contributed by atoms with van der Waals surface area (Å²) >= 11 is 0. The third kappa shape index (κ3) is 3.28. The van der Waals surface area contributed by atoms with E-state index in [1.165, 1.54) is 0 Å². The highest BCUT2D eigenvalue weighted by Gasteiger charge is 2.29. The minimum atomic E-state index is 0.0246. The molecule has 2 aromatic rings. The number of hydrogen-bond acceptors (Lipinski definition) is 4. The van der Waals surface area contributed by atoms with Crippen LogP contribution in [0.15, 0.2) is 36.5 Å². The van der Waals surface area contributed by atoms with Crippen molar-refractivity contribution in [3.63, 3.8) is 0 Å². The molecule has 1 aromatic heterocycles. The molecule has 116 valence electrons. The molecule has 1 unspecified atom stereocenters. The van der Waals surface area contributed by atoms with Gasteiger partial charge < -0.3 is 15.4 Å². The monoisotopic (exact) mass is 300 g/mol. The Labute approximate surface area is 129 Å². The van der Waals surface area contributed by atoms with Gasteiger partial charge in [0.05, 0.1) is 24.2 Å². The molecule has 1 aliphatic heterocycles. The first kappa shape index (κ1) is 14.6. The van der Waals surface area contributed by atoms with Gasteiger partial charge in [-0.15, -0.1) is 0 Å². The highest BCUT2D eigenvalue weighted by molar-refractivity contribution is 5.77. The molecule has 1 aromatic carbocycles. The van der Waals surface area contributed by atoms with Gasteiger partial charge in [0.25, 0.3) is 0 Å². The van der Waals surface area contributed by atoms with Crippen LogP contribution in [-0.2, 0) is 16.1 Å². The zero-order valence-electron chi connectivity index (χ0n) is 12.4. The number of nitrogens with zero attached hydrogens (tertiary/aromatic N) is 2. The van der Waals surface area contributed by atoms with Crippen molar-refractivity contribution in [2.45, 2.75) is 18.9 Å². The lowest BCUT2D eigenvalue weighted by Crippen LogP contribution is -2.31. The minimum absolute atomic E-state index is 0.0246. The lowest BCUT2D eigenvalue weighted by atomic mass is 10.0. The van der Waals surface area contributed by atoms with E-state index in [2.05, 4.69) is 10.2 Å². The molecule has 0 spiro atoms. The summed E-state index contributed by atoms with van der Waals surface area (Å²) in [4.78, 5) is 14.0. The summed E-state index contributed by atoms with van der Waals surface area (Å²) in [5.74, 6) is 0.261. The fourth-order valence-corrected chi connectivity index (χ4v) is 2.78. The second-order valence-corrected chi connectivity index (χ2v) is 5.54. The Morgan fingerprint density at radius 2 is 2.23 bits per heavy atom. The van der Waals surface area contributed by atoms with Crippen molar-refractivity contribution in [2.75, 3.05) is 25.4 Å². The lowest BCUT2D eigenvalue weighted by Gasteiger charge is -2.16. The summed E-state index contributed by atoms with van der Waals surface area (Å²) in [6.07, 6.45) is 2.51. The van der Waals surface area contributed by atoms with E-state index in [0.29, 0.717) is 18.8 Å². The summed E-state index contributed by atoms with van der Waals surface area (Å²) < 4.78 is 5.51. The van der Waals surface area contributed by atoms with Gasteiger partial charge in [-0.1, -0.05) is 30.3 Å². The number of aromatic amines is 1. The van der Waals surface area contributed by atoms with Crippen LogP contribution in [0.5, 0.6) is 0 Å². The number of ether oxygens (including phenoxy) is 1. The first-order chi connectivity index (χ1) is 10.7. The number of likely N-dealkylation sites (tertiary alicyclic amines) is 1. The van der Waals surface area contributed by atoms with E-state index in [1.54, 1.807) is 6.20 Å². The molecule has 0 radical (unpaired) electrons. The molecular weight excluding hydrogens is 280 g/mol. The SMILES string of the molecule is Nc1cn[nH]c1C1CCN(C(=O)COCc2ccccc2)C1. The van der Waals surface area contributed by atoms with Crippen LogP contribution >= 0.6 is 0 Å². The number of amides is 1. The topological polar surface area (TPSA) is 84.2 Å². The molecule has 3 rings (SSSR count). The van der Waals surface area contributed by atoms with Gasteiger partial charge in [-0.3, -0.25) is 9.89 Å². The van der Waals surface area contributed by atoms with Crippen molar-refractivity contribution in [2.24, 2.45) is 0 Å². The van der Waals surface area contributed by atoms with Crippen molar-refractivity contribution in [3.05, 3.63) is 47.8 Å². The van der Waals surface area contributed by atoms with E-state index in [0.717, 1.165) is 24.2 Å². The number of carbonyl (C=O) groups excluding carboxylic acids is 1. The Bertz CT molecular complexity index is 626. The third-order valence-electron chi connectivity index (χ3n) is 3.99. The van der Waals surface area contributed by atoms with E-state index >= 15 is 0 Å². The van der Waals surface area contributed by atoms with Crippen LogP contribution in [0, 0.1) is 0 Å². The second kappa shape index (κ2) is 6.62. The van der Waals surface area contributed by atoms with Crippen LogP contribution in [0.2, 0.25) is 0 Å². The van der Waals surface area contributed by atoms with E-state index < -0.39 is 0 Å². The summed E-state index contributed by atoms with van der Waals surface area (Å²) in [5.41, 5.74) is 8.53. The van der Waals surface area contributed by atoms with Gasteiger partial charge in [0, 0.05) is 19.0 Å². The molecule has 2 heterocycles. The van der Waals surface area contributed by atoms with Crippen LogP contribution in [0.1, 0.15) is 23.6 Å². The zero-order chi connectivity index (χ0) is 15.4. The maximum absolute atomic E-state index is 12.2. The highest BCUT2D eigenvalue weighted by Crippen LogP contribution is 2.29. The van der Waals surface area contributed by atoms with E-state index in [4.69, 9.17) is 10.5 Å².